The van der Waals surface area contributed by atoms with Gasteiger partial charge in [0.2, 0.25) is 10.0 Å². The summed E-state index contributed by atoms with van der Waals surface area (Å²) in [6.45, 7) is 4.49. The molecule has 0 aromatic carbocycles. The second-order valence-corrected chi connectivity index (χ2v) is 8.95. The van der Waals surface area contributed by atoms with Crippen LogP contribution < -0.4 is 0 Å². The Bertz CT molecular complexity index is 934. The van der Waals surface area contributed by atoms with Crippen LogP contribution in [-0.2, 0) is 15.8 Å². The number of rotatable bonds is 8. The molecule has 0 aliphatic rings. The average molecular weight is 411 g/mol. The first-order valence-corrected chi connectivity index (χ1v) is 11.4. The van der Waals surface area contributed by atoms with Crippen molar-refractivity contribution in [2.75, 3.05) is 13.1 Å². The Balaban J connectivity index is 1.65. The maximum atomic E-state index is 12.4. The first kappa shape index (κ1) is 19.0. The number of thioether (sulfide) groups is 1. The van der Waals surface area contributed by atoms with Gasteiger partial charge in [-0.3, -0.25) is 0 Å². The first-order chi connectivity index (χ1) is 12.5. The fourth-order valence-corrected chi connectivity index (χ4v) is 4.99. The molecule has 138 valence electrons. The zero-order valence-corrected chi connectivity index (χ0v) is 16.8. The van der Waals surface area contributed by atoms with Crippen molar-refractivity contribution in [3.05, 3.63) is 41.0 Å². The summed E-state index contributed by atoms with van der Waals surface area (Å²) in [6.07, 6.45) is 1.39. The molecule has 26 heavy (non-hydrogen) atoms. The van der Waals surface area contributed by atoms with E-state index in [4.69, 9.17) is 4.52 Å². The van der Waals surface area contributed by atoms with Crippen molar-refractivity contribution in [1.82, 2.24) is 19.4 Å². The predicted molar refractivity (Wildman–Crippen MR) is 102 cm³/mol. The SMILES string of the molecule is CCN(CC)S(=O)(=O)c1ccc(SCc2noc(-c3ccsc3)n2)nc1. The van der Waals surface area contributed by atoms with E-state index in [9.17, 15) is 8.42 Å². The van der Waals surface area contributed by atoms with E-state index in [1.807, 2.05) is 30.7 Å². The van der Waals surface area contributed by atoms with Crippen LogP contribution in [0, 0.1) is 0 Å². The summed E-state index contributed by atoms with van der Waals surface area (Å²) in [4.78, 5) is 8.79. The molecule has 3 rings (SSSR count). The van der Waals surface area contributed by atoms with E-state index in [0.29, 0.717) is 35.6 Å². The minimum absolute atomic E-state index is 0.199. The molecule has 10 heteroatoms. The minimum Gasteiger partial charge on any atom is -0.334 e. The third kappa shape index (κ3) is 4.14. The minimum atomic E-state index is -3.48. The number of pyridine rings is 1. The average Bonchev–Trinajstić information content (AvgIpc) is 3.32. The molecular weight excluding hydrogens is 392 g/mol. The van der Waals surface area contributed by atoms with E-state index in [2.05, 4.69) is 15.1 Å². The van der Waals surface area contributed by atoms with Gasteiger partial charge in [-0.05, 0) is 23.6 Å². The van der Waals surface area contributed by atoms with Gasteiger partial charge in [0.15, 0.2) is 5.82 Å². The van der Waals surface area contributed by atoms with E-state index in [1.165, 1.54) is 22.3 Å². The largest absolute Gasteiger partial charge is 0.334 e. The number of hydrogen-bond donors (Lipinski definition) is 0. The van der Waals surface area contributed by atoms with E-state index in [1.54, 1.807) is 23.5 Å². The number of sulfonamides is 1. The lowest BCUT2D eigenvalue weighted by atomic mass is 10.3. The molecule has 3 heterocycles. The zero-order chi connectivity index (χ0) is 18.6. The van der Waals surface area contributed by atoms with Gasteiger partial charge in [0.1, 0.15) is 4.90 Å². The summed E-state index contributed by atoms with van der Waals surface area (Å²) in [7, 11) is -3.48. The van der Waals surface area contributed by atoms with Gasteiger partial charge < -0.3 is 4.52 Å². The number of hydrogen-bond acceptors (Lipinski definition) is 8. The Kier molecular flexibility index (Phi) is 6.07. The van der Waals surface area contributed by atoms with E-state index < -0.39 is 10.0 Å². The lowest BCUT2D eigenvalue weighted by Crippen LogP contribution is -2.30. The van der Waals surface area contributed by atoms with Gasteiger partial charge in [-0.2, -0.15) is 20.6 Å². The summed E-state index contributed by atoms with van der Waals surface area (Å²) >= 11 is 2.99. The fraction of sp³-hybridized carbons (Fsp3) is 0.312. The smallest absolute Gasteiger partial charge is 0.258 e. The van der Waals surface area contributed by atoms with Gasteiger partial charge in [0, 0.05) is 24.7 Å². The van der Waals surface area contributed by atoms with E-state index in [-0.39, 0.29) is 4.90 Å². The summed E-state index contributed by atoms with van der Waals surface area (Å²) in [6, 6.07) is 5.20. The van der Waals surface area contributed by atoms with Crippen LogP contribution in [0.5, 0.6) is 0 Å². The molecular formula is C16H18N4O3S3. The van der Waals surface area contributed by atoms with Crippen LogP contribution in [0.3, 0.4) is 0 Å². The molecule has 0 saturated heterocycles. The Morgan fingerprint density at radius 2 is 2.04 bits per heavy atom. The Labute approximate surface area is 160 Å². The molecule has 0 fully saturated rings. The molecule has 0 bridgehead atoms. The highest BCUT2D eigenvalue weighted by Crippen LogP contribution is 2.24. The molecule has 0 unspecified atom stereocenters. The molecule has 3 aromatic heterocycles. The predicted octanol–water partition coefficient (Wildman–Crippen LogP) is 3.52. The third-order valence-corrected chi connectivity index (χ3v) is 7.29. The van der Waals surface area contributed by atoms with Crippen molar-refractivity contribution in [2.45, 2.75) is 29.5 Å². The highest BCUT2D eigenvalue weighted by Gasteiger charge is 2.21. The van der Waals surface area contributed by atoms with Gasteiger partial charge >= 0.3 is 0 Å². The van der Waals surface area contributed by atoms with Gasteiger partial charge in [-0.1, -0.05) is 30.8 Å². The number of nitrogens with zero attached hydrogens (tertiary/aromatic N) is 4. The van der Waals surface area contributed by atoms with Crippen molar-refractivity contribution in [2.24, 2.45) is 0 Å². The highest BCUT2D eigenvalue weighted by molar-refractivity contribution is 7.98. The molecule has 0 aliphatic heterocycles. The van der Waals surface area contributed by atoms with Crippen LogP contribution >= 0.6 is 23.1 Å². The molecule has 0 amide bonds. The van der Waals surface area contributed by atoms with Crippen LogP contribution in [0.4, 0.5) is 0 Å². The Morgan fingerprint density at radius 3 is 2.65 bits per heavy atom. The first-order valence-electron chi connectivity index (χ1n) is 7.98. The molecule has 0 radical (unpaired) electrons. The highest BCUT2D eigenvalue weighted by atomic mass is 32.2. The van der Waals surface area contributed by atoms with Crippen molar-refractivity contribution >= 4 is 33.1 Å². The summed E-state index contributed by atoms with van der Waals surface area (Å²) in [5.74, 6) is 1.55. The van der Waals surface area contributed by atoms with Gasteiger partial charge in [0.05, 0.1) is 16.3 Å². The standard InChI is InChI=1S/C16H18N4O3S3/c1-3-20(4-2)26(21,22)13-5-6-15(17-9-13)25-11-14-18-16(23-19-14)12-7-8-24-10-12/h5-10H,3-4,11H2,1-2H3. The van der Waals surface area contributed by atoms with E-state index in [0.717, 1.165) is 5.56 Å². The van der Waals surface area contributed by atoms with Gasteiger partial charge in [-0.15, -0.1) is 0 Å². The molecule has 3 aromatic rings. The summed E-state index contributed by atoms with van der Waals surface area (Å²) < 4.78 is 31.5. The Morgan fingerprint density at radius 1 is 1.23 bits per heavy atom. The molecule has 7 nitrogen and oxygen atoms in total. The quantitative estimate of drug-likeness (QED) is 0.525. The summed E-state index contributed by atoms with van der Waals surface area (Å²) in [5, 5.41) is 8.55. The van der Waals surface area contributed by atoms with Crippen LogP contribution in [0.25, 0.3) is 11.5 Å². The van der Waals surface area contributed by atoms with Gasteiger partial charge in [0.25, 0.3) is 5.89 Å². The molecule has 0 aliphatic carbocycles. The van der Waals surface area contributed by atoms with Crippen molar-refractivity contribution < 1.29 is 12.9 Å². The third-order valence-electron chi connectivity index (χ3n) is 3.64. The zero-order valence-electron chi connectivity index (χ0n) is 14.3. The topological polar surface area (TPSA) is 89.2 Å². The van der Waals surface area contributed by atoms with Crippen LogP contribution in [0.15, 0.2) is 49.6 Å². The second kappa shape index (κ2) is 8.30. The van der Waals surface area contributed by atoms with Crippen LogP contribution in [-0.4, -0.2) is 40.9 Å². The van der Waals surface area contributed by atoms with E-state index >= 15 is 0 Å². The molecule has 0 spiro atoms. The van der Waals surface area contributed by atoms with Crippen LogP contribution in [0.1, 0.15) is 19.7 Å². The number of aromatic nitrogens is 3. The normalized spacial score (nSPS) is 12.0. The fourth-order valence-electron chi connectivity index (χ4n) is 2.27. The maximum Gasteiger partial charge on any atom is 0.258 e. The Hall–Kier alpha value is -1.75. The lowest BCUT2D eigenvalue weighted by molar-refractivity contribution is 0.425. The molecule has 0 saturated carbocycles. The lowest BCUT2D eigenvalue weighted by Gasteiger charge is -2.18. The summed E-state index contributed by atoms with van der Waals surface area (Å²) in [5.41, 5.74) is 0.905. The monoisotopic (exact) mass is 410 g/mol. The van der Waals surface area contributed by atoms with Crippen molar-refractivity contribution in [3.8, 4) is 11.5 Å². The van der Waals surface area contributed by atoms with Crippen LogP contribution in [0.2, 0.25) is 0 Å². The van der Waals surface area contributed by atoms with Crippen molar-refractivity contribution in [1.29, 1.82) is 0 Å². The maximum absolute atomic E-state index is 12.4. The molecule has 0 N–H and O–H groups in total. The molecule has 0 atom stereocenters. The van der Waals surface area contributed by atoms with Crippen molar-refractivity contribution in [3.63, 3.8) is 0 Å². The second-order valence-electron chi connectivity index (χ2n) is 5.24. The number of thiophene rings is 1. The van der Waals surface area contributed by atoms with Gasteiger partial charge in [-0.25, -0.2) is 13.4 Å².